The number of aromatic amines is 1. The summed E-state index contributed by atoms with van der Waals surface area (Å²) >= 11 is 0. The fourth-order valence-corrected chi connectivity index (χ4v) is 3.78. The van der Waals surface area contributed by atoms with Crippen molar-refractivity contribution in [3.63, 3.8) is 0 Å². The van der Waals surface area contributed by atoms with Crippen molar-refractivity contribution in [1.29, 1.82) is 0 Å². The highest BCUT2D eigenvalue weighted by molar-refractivity contribution is 5.82. The zero-order chi connectivity index (χ0) is 26.3. The van der Waals surface area contributed by atoms with Crippen molar-refractivity contribution < 1.29 is 23.4 Å². The molecule has 10 nitrogen and oxygen atoms in total. The van der Waals surface area contributed by atoms with E-state index in [2.05, 4.69) is 32.2 Å². The molecule has 0 bridgehead atoms. The summed E-state index contributed by atoms with van der Waals surface area (Å²) in [4.78, 5) is 29.5. The first-order chi connectivity index (χ1) is 17.9. The Balaban J connectivity index is 1.56. The van der Waals surface area contributed by atoms with Crippen LogP contribution < -0.4 is 10.6 Å². The number of methoxy groups -OCH3 is 1. The van der Waals surface area contributed by atoms with Gasteiger partial charge in [-0.2, -0.15) is 0 Å². The monoisotopic (exact) mass is 510 g/mol. The number of carbonyl (C=O) groups is 1. The number of hydrogen-bond donors (Lipinski definition) is 3. The summed E-state index contributed by atoms with van der Waals surface area (Å²) in [7, 11) is 1.62. The topological polar surface area (TPSA) is 123 Å². The highest BCUT2D eigenvalue weighted by Gasteiger charge is 2.40. The minimum Gasteiger partial charge on any atom is -0.385 e. The van der Waals surface area contributed by atoms with E-state index in [1.807, 2.05) is 0 Å². The molecule has 1 aromatic carbocycles. The molecule has 11 heteroatoms. The number of halogens is 1. The molecule has 1 aliphatic rings. The van der Waals surface area contributed by atoms with E-state index < -0.39 is 11.7 Å². The van der Waals surface area contributed by atoms with E-state index in [9.17, 15) is 9.18 Å². The van der Waals surface area contributed by atoms with E-state index >= 15 is 0 Å². The zero-order valence-electron chi connectivity index (χ0n) is 20.9. The molecule has 4 rings (SSSR count). The number of nitrogens with zero attached hydrogens (tertiary/aromatic N) is 3. The number of H-pyrrole nitrogens is 1. The van der Waals surface area contributed by atoms with Gasteiger partial charge in [0.1, 0.15) is 5.82 Å². The number of rotatable bonds is 11. The molecule has 3 N–H and O–H groups in total. The van der Waals surface area contributed by atoms with Crippen LogP contribution in [-0.2, 0) is 19.0 Å². The SMILES string of the molecule is C=CCNc1nccc(-c2[nH]c(C3OCC(C)(C(=O)NCCCOC)CO3)nc2-c2ccc(F)cc2)n1. The predicted octanol–water partition coefficient (Wildman–Crippen LogP) is 3.48. The predicted molar refractivity (Wildman–Crippen MR) is 136 cm³/mol. The molecule has 1 saturated heterocycles. The van der Waals surface area contributed by atoms with Crippen LogP contribution in [0, 0.1) is 11.2 Å². The molecule has 1 amide bonds. The van der Waals surface area contributed by atoms with Gasteiger partial charge in [-0.15, -0.1) is 6.58 Å². The molecule has 0 unspecified atom stereocenters. The Morgan fingerprint density at radius 1 is 1.27 bits per heavy atom. The highest BCUT2D eigenvalue weighted by atomic mass is 19.1. The van der Waals surface area contributed by atoms with E-state index in [0.29, 0.717) is 54.1 Å². The number of benzene rings is 1. The van der Waals surface area contributed by atoms with E-state index in [1.54, 1.807) is 44.5 Å². The third-order valence-corrected chi connectivity index (χ3v) is 5.84. The smallest absolute Gasteiger partial charge is 0.230 e. The number of amides is 1. The fourth-order valence-electron chi connectivity index (χ4n) is 3.78. The second-order valence-electron chi connectivity index (χ2n) is 8.90. The lowest BCUT2D eigenvalue weighted by Gasteiger charge is -2.35. The van der Waals surface area contributed by atoms with E-state index in [-0.39, 0.29) is 24.9 Å². The standard InChI is InChI=1S/C26H31FN6O4/c1-4-11-29-25-30-13-10-19(31-25)21-20(17-6-8-18(27)9-7-17)32-22(33-21)23-36-15-26(2,16-37-23)24(34)28-12-5-14-35-3/h4,6-10,13,23H,1,5,11-12,14-16H2,2-3H3,(H,28,34)(H,32,33)(H,29,30,31). The molecule has 196 valence electrons. The Morgan fingerprint density at radius 2 is 2.03 bits per heavy atom. The first-order valence-electron chi connectivity index (χ1n) is 12.0. The molecular weight excluding hydrogens is 479 g/mol. The number of carbonyl (C=O) groups excluding carboxylic acids is 1. The summed E-state index contributed by atoms with van der Waals surface area (Å²) < 4.78 is 30.5. The molecule has 3 heterocycles. The van der Waals surface area contributed by atoms with Crippen molar-refractivity contribution in [2.75, 3.05) is 45.3 Å². The molecule has 1 fully saturated rings. The van der Waals surface area contributed by atoms with Crippen LogP contribution in [0.4, 0.5) is 10.3 Å². The number of aromatic nitrogens is 4. The average molecular weight is 511 g/mol. The maximum Gasteiger partial charge on any atom is 0.230 e. The van der Waals surface area contributed by atoms with Crippen molar-refractivity contribution in [1.82, 2.24) is 25.3 Å². The normalized spacial score (nSPS) is 19.4. The van der Waals surface area contributed by atoms with Gasteiger partial charge in [-0.1, -0.05) is 6.08 Å². The van der Waals surface area contributed by atoms with Gasteiger partial charge >= 0.3 is 0 Å². The largest absolute Gasteiger partial charge is 0.385 e. The van der Waals surface area contributed by atoms with Crippen LogP contribution in [0.3, 0.4) is 0 Å². The Labute approximate surface area is 214 Å². The third kappa shape index (κ3) is 6.37. The average Bonchev–Trinajstić information content (AvgIpc) is 3.36. The molecule has 37 heavy (non-hydrogen) atoms. The fraction of sp³-hybridized carbons (Fsp3) is 0.385. The molecule has 0 atom stereocenters. The van der Waals surface area contributed by atoms with Gasteiger partial charge in [-0.05, 0) is 43.7 Å². The van der Waals surface area contributed by atoms with Crippen LogP contribution in [-0.4, -0.2) is 65.9 Å². The van der Waals surface area contributed by atoms with Gasteiger partial charge in [-0.3, -0.25) is 4.79 Å². The van der Waals surface area contributed by atoms with Gasteiger partial charge in [-0.25, -0.2) is 19.3 Å². The first-order valence-corrected chi connectivity index (χ1v) is 12.0. The Bertz CT molecular complexity index is 1210. The molecule has 2 aromatic heterocycles. The molecular formula is C26H31FN6O4. The zero-order valence-corrected chi connectivity index (χ0v) is 20.9. The van der Waals surface area contributed by atoms with Crippen molar-refractivity contribution in [3.8, 4) is 22.6 Å². The van der Waals surface area contributed by atoms with Gasteiger partial charge in [0.15, 0.2) is 5.82 Å². The molecule has 0 radical (unpaired) electrons. The van der Waals surface area contributed by atoms with Crippen molar-refractivity contribution >= 4 is 11.9 Å². The summed E-state index contributed by atoms with van der Waals surface area (Å²) in [5.41, 5.74) is 1.59. The van der Waals surface area contributed by atoms with Gasteiger partial charge < -0.3 is 29.8 Å². The molecule has 1 aliphatic heterocycles. The van der Waals surface area contributed by atoms with Crippen LogP contribution in [0.25, 0.3) is 22.6 Å². The maximum atomic E-state index is 13.6. The minimum absolute atomic E-state index is 0.144. The van der Waals surface area contributed by atoms with E-state index in [1.165, 1.54) is 12.1 Å². The number of imidazole rings is 1. The number of ether oxygens (including phenoxy) is 3. The Morgan fingerprint density at radius 3 is 2.73 bits per heavy atom. The van der Waals surface area contributed by atoms with E-state index in [0.717, 1.165) is 6.42 Å². The number of nitrogens with one attached hydrogen (secondary N) is 3. The molecule has 0 spiro atoms. The van der Waals surface area contributed by atoms with Gasteiger partial charge in [0.2, 0.25) is 18.1 Å². The van der Waals surface area contributed by atoms with Crippen LogP contribution in [0.1, 0.15) is 25.5 Å². The lowest BCUT2D eigenvalue weighted by molar-refractivity contribution is -0.231. The Kier molecular flexibility index (Phi) is 8.59. The second-order valence-corrected chi connectivity index (χ2v) is 8.90. The van der Waals surface area contributed by atoms with Crippen LogP contribution >= 0.6 is 0 Å². The Hall–Kier alpha value is -3.67. The van der Waals surface area contributed by atoms with Gasteiger partial charge in [0, 0.05) is 38.6 Å². The summed E-state index contributed by atoms with van der Waals surface area (Å²) in [5, 5.41) is 5.97. The highest BCUT2D eigenvalue weighted by Crippen LogP contribution is 2.35. The molecule has 3 aromatic rings. The number of hydrogen-bond acceptors (Lipinski definition) is 8. The van der Waals surface area contributed by atoms with Crippen molar-refractivity contribution in [2.24, 2.45) is 5.41 Å². The summed E-state index contributed by atoms with van der Waals surface area (Å²) in [6.45, 7) is 7.38. The summed E-state index contributed by atoms with van der Waals surface area (Å²) in [5.74, 6) is 0.347. The van der Waals surface area contributed by atoms with Crippen molar-refractivity contribution in [3.05, 3.63) is 60.8 Å². The lowest BCUT2D eigenvalue weighted by Crippen LogP contribution is -2.48. The van der Waals surface area contributed by atoms with Gasteiger partial charge in [0.05, 0.1) is 35.7 Å². The van der Waals surface area contributed by atoms with Crippen molar-refractivity contribution in [2.45, 2.75) is 19.6 Å². The lowest BCUT2D eigenvalue weighted by atomic mass is 9.91. The van der Waals surface area contributed by atoms with Crippen LogP contribution in [0.2, 0.25) is 0 Å². The summed E-state index contributed by atoms with van der Waals surface area (Å²) in [6, 6.07) is 7.77. The van der Waals surface area contributed by atoms with Crippen LogP contribution in [0.5, 0.6) is 0 Å². The molecule has 0 saturated carbocycles. The number of anilines is 1. The second kappa shape index (κ2) is 12.0. The van der Waals surface area contributed by atoms with Crippen LogP contribution in [0.15, 0.2) is 49.2 Å². The van der Waals surface area contributed by atoms with E-state index in [4.69, 9.17) is 19.2 Å². The molecule has 0 aliphatic carbocycles. The first kappa shape index (κ1) is 26.4. The third-order valence-electron chi connectivity index (χ3n) is 5.84. The quantitative estimate of drug-likeness (QED) is 0.265. The van der Waals surface area contributed by atoms with Gasteiger partial charge in [0.25, 0.3) is 0 Å². The minimum atomic E-state index is -0.836. The maximum absolute atomic E-state index is 13.6. The summed E-state index contributed by atoms with van der Waals surface area (Å²) in [6.07, 6.45) is 3.24.